The minimum atomic E-state index is 0.540. The molecule has 0 saturated carbocycles. The van der Waals surface area contributed by atoms with Crippen molar-refractivity contribution in [3.8, 4) is 10.9 Å². The number of nitrogens with one attached hydrogen (secondary N) is 1. The molecule has 0 amide bonds. The van der Waals surface area contributed by atoms with Crippen molar-refractivity contribution in [1.29, 1.82) is 0 Å². The Morgan fingerprint density at radius 1 is 1.14 bits per heavy atom. The Morgan fingerprint density at radius 2 is 1.91 bits per heavy atom. The molecule has 0 spiro atoms. The Hall–Kier alpha value is -1.91. The van der Waals surface area contributed by atoms with Crippen molar-refractivity contribution < 1.29 is 4.74 Å². The molecule has 114 valence electrons. The summed E-state index contributed by atoms with van der Waals surface area (Å²) in [6.45, 7) is 2.20. The molecule has 4 heteroatoms. The summed E-state index contributed by atoms with van der Waals surface area (Å²) in [6, 6.07) is 16.9. The summed E-state index contributed by atoms with van der Waals surface area (Å²) in [5, 5.41) is 3.95. The summed E-state index contributed by atoms with van der Waals surface area (Å²) in [6.07, 6.45) is 2.21. The van der Waals surface area contributed by atoms with E-state index in [1.807, 2.05) is 37.4 Å². The third kappa shape index (κ3) is 3.64. The second-order valence-corrected chi connectivity index (χ2v) is 6.42. The Bertz CT molecular complexity index is 703. The lowest BCUT2D eigenvalue weighted by Crippen LogP contribution is -2.21. The van der Waals surface area contributed by atoms with Gasteiger partial charge in [0.05, 0.1) is 10.2 Å². The van der Waals surface area contributed by atoms with E-state index in [2.05, 4.69) is 35.4 Å². The zero-order valence-corrected chi connectivity index (χ0v) is 13.7. The maximum Gasteiger partial charge on any atom is 0.279 e. The fourth-order valence-corrected chi connectivity index (χ4v) is 3.08. The average molecular weight is 312 g/mol. The van der Waals surface area contributed by atoms with E-state index in [0.29, 0.717) is 11.2 Å². The molecule has 0 aliphatic heterocycles. The largest absolute Gasteiger partial charge is 0.431 e. The molecule has 2 aromatic carbocycles. The summed E-state index contributed by atoms with van der Waals surface area (Å²) < 4.78 is 7.01. The minimum absolute atomic E-state index is 0.540. The lowest BCUT2D eigenvalue weighted by atomic mass is 10.1. The second-order valence-electron chi connectivity index (χ2n) is 5.42. The van der Waals surface area contributed by atoms with Crippen LogP contribution in [-0.4, -0.2) is 18.1 Å². The molecule has 0 aliphatic carbocycles. The third-order valence-electron chi connectivity index (χ3n) is 3.76. The van der Waals surface area contributed by atoms with Crippen LogP contribution in [0.1, 0.15) is 18.9 Å². The number of thiazole rings is 1. The van der Waals surface area contributed by atoms with Crippen LogP contribution < -0.4 is 10.1 Å². The molecule has 0 fully saturated rings. The number of aryl methyl sites for hydroxylation is 1. The lowest BCUT2D eigenvalue weighted by Gasteiger charge is -2.09. The first-order chi connectivity index (χ1) is 10.7. The van der Waals surface area contributed by atoms with Gasteiger partial charge < -0.3 is 10.1 Å². The van der Waals surface area contributed by atoms with Gasteiger partial charge in [-0.2, -0.15) is 0 Å². The predicted octanol–water partition coefficient (Wildman–Crippen LogP) is 4.63. The van der Waals surface area contributed by atoms with Gasteiger partial charge in [-0.15, -0.1) is 0 Å². The van der Waals surface area contributed by atoms with Gasteiger partial charge in [-0.05, 0) is 56.6 Å². The van der Waals surface area contributed by atoms with Crippen LogP contribution in [0.2, 0.25) is 0 Å². The predicted molar refractivity (Wildman–Crippen MR) is 93.0 cm³/mol. The van der Waals surface area contributed by atoms with E-state index in [-0.39, 0.29) is 0 Å². The van der Waals surface area contributed by atoms with Crippen LogP contribution in [0, 0.1) is 0 Å². The quantitative estimate of drug-likeness (QED) is 0.720. The van der Waals surface area contributed by atoms with E-state index >= 15 is 0 Å². The van der Waals surface area contributed by atoms with Crippen LogP contribution in [0.5, 0.6) is 10.9 Å². The first kappa shape index (κ1) is 15.0. The van der Waals surface area contributed by atoms with E-state index in [4.69, 9.17) is 4.74 Å². The van der Waals surface area contributed by atoms with E-state index in [0.717, 1.165) is 28.8 Å². The summed E-state index contributed by atoms with van der Waals surface area (Å²) in [5.41, 5.74) is 2.32. The molecule has 1 aromatic heterocycles. The van der Waals surface area contributed by atoms with E-state index in [9.17, 15) is 0 Å². The summed E-state index contributed by atoms with van der Waals surface area (Å²) in [4.78, 5) is 4.49. The van der Waals surface area contributed by atoms with Crippen molar-refractivity contribution in [2.75, 3.05) is 7.05 Å². The van der Waals surface area contributed by atoms with Gasteiger partial charge in [-0.1, -0.05) is 35.6 Å². The highest BCUT2D eigenvalue weighted by Gasteiger charge is 2.06. The fraction of sp³-hybridized carbons (Fsp3) is 0.278. The van der Waals surface area contributed by atoms with Crippen molar-refractivity contribution in [1.82, 2.24) is 10.3 Å². The highest BCUT2D eigenvalue weighted by atomic mass is 32.1. The smallest absolute Gasteiger partial charge is 0.279 e. The van der Waals surface area contributed by atoms with Gasteiger partial charge in [0.2, 0.25) is 0 Å². The zero-order valence-electron chi connectivity index (χ0n) is 12.9. The molecule has 0 saturated heterocycles. The van der Waals surface area contributed by atoms with Gasteiger partial charge in [0.1, 0.15) is 5.75 Å². The summed E-state index contributed by atoms with van der Waals surface area (Å²) in [7, 11) is 2.00. The number of hydrogen-bond acceptors (Lipinski definition) is 4. The first-order valence-corrected chi connectivity index (χ1v) is 8.36. The van der Waals surface area contributed by atoms with Crippen LogP contribution >= 0.6 is 11.3 Å². The molecule has 3 nitrogen and oxygen atoms in total. The molecule has 1 N–H and O–H groups in total. The fourth-order valence-electron chi connectivity index (χ4n) is 2.25. The topological polar surface area (TPSA) is 34.1 Å². The second kappa shape index (κ2) is 6.90. The number of ether oxygens (including phenoxy) is 1. The number of benzene rings is 2. The van der Waals surface area contributed by atoms with Crippen molar-refractivity contribution in [3.05, 3.63) is 54.1 Å². The molecule has 0 aliphatic rings. The number of fused-ring (bicyclic) bond motifs is 1. The zero-order chi connectivity index (χ0) is 15.4. The van der Waals surface area contributed by atoms with Gasteiger partial charge in [-0.25, -0.2) is 4.98 Å². The van der Waals surface area contributed by atoms with Gasteiger partial charge >= 0.3 is 0 Å². The van der Waals surface area contributed by atoms with Crippen LogP contribution in [0.25, 0.3) is 10.2 Å². The molecule has 3 rings (SSSR count). The third-order valence-corrected chi connectivity index (χ3v) is 4.68. The van der Waals surface area contributed by atoms with E-state index < -0.39 is 0 Å². The van der Waals surface area contributed by atoms with Crippen LogP contribution in [0.4, 0.5) is 0 Å². The maximum atomic E-state index is 5.86. The number of nitrogens with zero attached hydrogens (tertiary/aromatic N) is 1. The Morgan fingerprint density at radius 3 is 2.64 bits per heavy atom. The molecule has 0 bridgehead atoms. The Balaban J connectivity index is 1.65. The minimum Gasteiger partial charge on any atom is -0.431 e. The lowest BCUT2D eigenvalue weighted by molar-refractivity contribution is 0.480. The number of hydrogen-bond donors (Lipinski definition) is 1. The normalized spacial score (nSPS) is 12.5. The summed E-state index contributed by atoms with van der Waals surface area (Å²) in [5.74, 6) is 0.837. The first-order valence-electron chi connectivity index (χ1n) is 7.54. The van der Waals surface area contributed by atoms with Crippen molar-refractivity contribution in [2.24, 2.45) is 0 Å². The maximum absolute atomic E-state index is 5.86. The molecule has 0 radical (unpaired) electrons. The molecule has 3 aromatic rings. The standard InChI is InChI=1S/C18H20N2OS/c1-13(19-2)7-8-14-9-11-15(12-10-14)21-18-20-16-5-3-4-6-17(16)22-18/h3-6,9-13,19H,7-8H2,1-2H3. The number of para-hydroxylation sites is 1. The van der Waals surface area contributed by atoms with Crippen LogP contribution in [0.15, 0.2) is 48.5 Å². The van der Waals surface area contributed by atoms with E-state index in [1.54, 1.807) is 11.3 Å². The van der Waals surface area contributed by atoms with Gasteiger partial charge in [-0.3, -0.25) is 0 Å². The molecule has 22 heavy (non-hydrogen) atoms. The van der Waals surface area contributed by atoms with Gasteiger partial charge in [0, 0.05) is 6.04 Å². The number of aromatic nitrogens is 1. The Kier molecular flexibility index (Phi) is 4.71. The average Bonchev–Trinajstić information content (AvgIpc) is 2.96. The highest BCUT2D eigenvalue weighted by molar-refractivity contribution is 7.20. The monoisotopic (exact) mass is 312 g/mol. The van der Waals surface area contributed by atoms with Crippen molar-refractivity contribution in [3.63, 3.8) is 0 Å². The van der Waals surface area contributed by atoms with Gasteiger partial charge in [0.15, 0.2) is 0 Å². The van der Waals surface area contributed by atoms with Crippen LogP contribution in [-0.2, 0) is 6.42 Å². The molecule has 1 unspecified atom stereocenters. The van der Waals surface area contributed by atoms with Crippen molar-refractivity contribution >= 4 is 21.6 Å². The Labute approximate surface area is 135 Å². The van der Waals surface area contributed by atoms with Gasteiger partial charge in [0.25, 0.3) is 5.19 Å². The van der Waals surface area contributed by atoms with Crippen molar-refractivity contribution in [2.45, 2.75) is 25.8 Å². The molecule has 1 heterocycles. The SMILES string of the molecule is CNC(C)CCc1ccc(Oc2nc3ccccc3s2)cc1. The summed E-state index contributed by atoms with van der Waals surface area (Å²) >= 11 is 1.57. The highest BCUT2D eigenvalue weighted by Crippen LogP contribution is 2.31. The number of rotatable bonds is 6. The van der Waals surface area contributed by atoms with Crippen LogP contribution in [0.3, 0.4) is 0 Å². The molecular formula is C18H20N2OS. The molecular weight excluding hydrogens is 292 g/mol. The van der Waals surface area contributed by atoms with E-state index in [1.165, 1.54) is 5.56 Å². The molecule has 1 atom stereocenters.